The van der Waals surface area contributed by atoms with Crippen LogP contribution in [0.3, 0.4) is 0 Å². The second-order valence-corrected chi connectivity index (χ2v) is 3.95. The average Bonchev–Trinajstić information content (AvgIpc) is 2.70. The standard InChI is InChI=1S/C12H12N2O5/c1-19-10(15)4-5-14-9-6-7(11(16)17)2-3-8(9)13-12(14)18/h2-3,6H,4-5H2,1H3,(H,13,18)(H,16,17). The number of rotatable bonds is 4. The van der Waals surface area contributed by atoms with Crippen LogP contribution < -0.4 is 5.69 Å². The molecule has 2 aromatic rings. The zero-order chi connectivity index (χ0) is 14.0. The van der Waals surface area contributed by atoms with E-state index in [-0.39, 0.29) is 24.2 Å². The quantitative estimate of drug-likeness (QED) is 0.787. The van der Waals surface area contributed by atoms with Crippen molar-refractivity contribution < 1.29 is 19.4 Å². The van der Waals surface area contributed by atoms with Gasteiger partial charge in [-0.05, 0) is 18.2 Å². The number of ether oxygens (including phenoxy) is 1. The van der Waals surface area contributed by atoms with Gasteiger partial charge in [-0.15, -0.1) is 0 Å². The number of carbonyl (C=O) groups excluding carboxylic acids is 1. The highest BCUT2D eigenvalue weighted by Crippen LogP contribution is 2.13. The highest BCUT2D eigenvalue weighted by molar-refractivity contribution is 5.92. The number of fused-ring (bicyclic) bond motifs is 1. The lowest BCUT2D eigenvalue weighted by Gasteiger charge is -2.03. The predicted molar refractivity (Wildman–Crippen MR) is 66.2 cm³/mol. The van der Waals surface area contributed by atoms with Gasteiger partial charge in [0.15, 0.2) is 0 Å². The predicted octanol–water partition coefficient (Wildman–Crippen LogP) is 0.591. The van der Waals surface area contributed by atoms with Crippen LogP contribution in [-0.2, 0) is 16.1 Å². The largest absolute Gasteiger partial charge is 0.478 e. The Kier molecular flexibility index (Phi) is 3.37. The molecule has 0 unspecified atom stereocenters. The number of carboxylic acid groups (broad SMARTS) is 1. The summed E-state index contributed by atoms with van der Waals surface area (Å²) in [6.45, 7) is 0.134. The van der Waals surface area contributed by atoms with Crippen LogP contribution in [-0.4, -0.2) is 33.7 Å². The van der Waals surface area contributed by atoms with Crippen LogP contribution in [0.4, 0.5) is 0 Å². The average molecular weight is 264 g/mol. The van der Waals surface area contributed by atoms with Gasteiger partial charge < -0.3 is 14.8 Å². The Bertz CT molecular complexity index is 698. The van der Waals surface area contributed by atoms with E-state index in [1.165, 1.54) is 29.9 Å². The number of carbonyl (C=O) groups is 2. The number of aromatic amines is 1. The minimum atomic E-state index is -1.07. The van der Waals surface area contributed by atoms with Crippen LogP contribution in [0.15, 0.2) is 23.0 Å². The second-order valence-electron chi connectivity index (χ2n) is 3.95. The van der Waals surface area contributed by atoms with Crippen molar-refractivity contribution in [2.24, 2.45) is 0 Å². The first-order valence-corrected chi connectivity index (χ1v) is 5.55. The first-order valence-electron chi connectivity index (χ1n) is 5.55. The fourth-order valence-corrected chi connectivity index (χ4v) is 1.81. The van der Waals surface area contributed by atoms with E-state index in [2.05, 4.69) is 9.72 Å². The van der Waals surface area contributed by atoms with Crippen LogP contribution in [0.2, 0.25) is 0 Å². The van der Waals surface area contributed by atoms with E-state index in [1.807, 2.05) is 0 Å². The van der Waals surface area contributed by atoms with Gasteiger partial charge in [-0.2, -0.15) is 0 Å². The van der Waals surface area contributed by atoms with Gasteiger partial charge in [0.05, 0.1) is 30.1 Å². The number of hydrogen-bond acceptors (Lipinski definition) is 4. The number of hydrogen-bond donors (Lipinski definition) is 2. The van der Waals surface area contributed by atoms with Crippen molar-refractivity contribution in [3.8, 4) is 0 Å². The van der Waals surface area contributed by atoms with Crippen molar-refractivity contribution in [1.82, 2.24) is 9.55 Å². The van der Waals surface area contributed by atoms with E-state index in [1.54, 1.807) is 0 Å². The minimum absolute atomic E-state index is 0.0423. The third kappa shape index (κ3) is 2.49. The summed E-state index contributed by atoms with van der Waals surface area (Å²) in [7, 11) is 1.27. The maximum atomic E-state index is 11.7. The zero-order valence-electron chi connectivity index (χ0n) is 10.2. The summed E-state index contributed by atoms with van der Waals surface area (Å²) in [5.41, 5.74) is 0.674. The molecule has 0 fully saturated rings. The summed E-state index contributed by atoms with van der Waals surface area (Å²) in [5, 5.41) is 8.93. The molecule has 7 nitrogen and oxygen atoms in total. The molecule has 2 N–H and O–H groups in total. The highest BCUT2D eigenvalue weighted by Gasteiger charge is 2.11. The lowest BCUT2D eigenvalue weighted by Crippen LogP contribution is -2.19. The van der Waals surface area contributed by atoms with Crippen LogP contribution in [0, 0.1) is 0 Å². The first-order chi connectivity index (χ1) is 9.02. The van der Waals surface area contributed by atoms with Crippen molar-refractivity contribution in [2.75, 3.05) is 7.11 Å². The topological polar surface area (TPSA) is 101 Å². The normalized spacial score (nSPS) is 10.6. The Morgan fingerprint density at radius 2 is 2.16 bits per heavy atom. The Morgan fingerprint density at radius 1 is 1.42 bits per heavy atom. The molecule has 0 saturated heterocycles. The summed E-state index contributed by atoms with van der Waals surface area (Å²) in [6.07, 6.45) is 0.0423. The molecule has 1 aromatic carbocycles. The molecule has 0 spiro atoms. The Labute approximate surface area is 107 Å². The van der Waals surface area contributed by atoms with E-state index in [4.69, 9.17) is 5.11 Å². The number of carboxylic acids is 1. The Balaban J connectivity index is 2.44. The number of esters is 1. The van der Waals surface area contributed by atoms with Crippen LogP contribution in [0.5, 0.6) is 0 Å². The Morgan fingerprint density at radius 3 is 2.79 bits per heavy atom. The van der Waals surface area contributed by atoms with Crippen molar-refractivity contribution in [1.29, 1.82) is 0 Å². The number of benzene rings is 1. The van der Waals surface area contributed by atoms with Crippen molar-refractivity contribution in [3.63, 3.8) is 0 Å². The van der Waals surface area contributed by atoms with E-state index in [0.717, 1.165) is 0 Å². The minimum Gasteiger partial charge on any atom is -0.478 e. The third-order valence-electron chi connectivity index (χ3n) is 2.79. The van der Waals surface area contributed by atoms with Crippen molar-refractivity contribution >= 4 is 23.0 Å². The van der Waals surface area contributed by atoms with Gasteiger partial charge in [-0.3, -0.25) is 9.36 Å². The van der Waals surface area contributed by atoms with E-state index in [0.29, 0.717) is 11.0 Å². The molecule has 1 aromatic heterocycles. The Hall–Kier alpha value is -2.57. The summed E-state index contributed by atoms with van der Waals surface area (Å²) in [4.78, 5) is 36.3. The summed E-state index contributed by atoms with van der Waals surface area (Å²) < 4.78 is 5.82. The molecule has 0 atom stereocenters. The van der Waals surface area contributed by atoms with Gasteiger partial charge in [0.1, 0.15) is 0 Å². The fraction of sp³-hybridized carbons (Fsp3) is 0.250. The smallest absolute Gasteiger partial charge is 0.335 e. The van der Waals surface area contributed by atoms with Crippen molar-refractivity contribution in [2.45, 2.75) is 13.0 Å². The molecule has 0 aliphatic heterocycles. The third-order valence-corrected chi connectivity index (χ3v) is 2.79. The number of aryl methyl sites for hydroxylation is 1. The van der Waals surface area contributed by atoms with Gasteiger partial charge in [-0.1, -0.05) is 0 Å². The molecule has 7 heteroatoms. The summed E-state index contributed by atoms with van der Waals surface area (Å²) >= 11 is 0. The molecule has 19 heavy (non-hydrogen) atoms. The molecular weight excluding hydrogens is 252 g/mol. The van der Waals surface area contributed by atoms with Crippen LogP contribution >= 0.6 is 0 Å². The molecule has 0 radical (unpaired) electrons. The molecule has 100 valence electrons. The summed E-state index contributed by atoms with van der Waals surface area (Å²) in [5.74, 6) is -1.51. The van der Waals surface area contributed by atoms with Gasteiger partial charge in [0.2, 0.25) is 0 Å². The lowest BCUT2D eigenvalue weighted by atomic mass is 10.2. The maximum Gasteiger partial charge on any atom is 0.335 e. The van der Waals surface area contributed by atoms with Gasteiger partial charge >= 0.3 is 17.6 Å². The number of nitrogens with zero attached hydrogens (tertiary/aromatic N) is 1. The number of aromatic carboxylic acids is 1. The maximum absolute atomic E-state index is 11.7. The second kappa shape index (κ2) is 4.97. The monoisotopic (exact) mass is 264 g/mol. The SMILES string of the molecule is COC(=O)CCn1c(=O)[nH]c2ccc(C(=O)O)cc21. The van der Waals surface area contributed by atoms with E-state index < -0.39 is 11.9 Å². The van der Waals surface area contributed by atoms with Gasteiger partial charge in [-0.25, -0.2) is 9.59 Å². The molecule has 2 rings (SSSR count). The van der Waals surface area contributed by atoms with Gasteiger partial charge in [0.25, 0.3) is 0 Å². The number of imidazole rings is 1. The van der Waals surface area contributed by atoms with Crippen LogP contribution in [0.1, 0.15) is 16.8 Å². The molecule has 0 bridgehead atoms. The molecule has 0 aliphatic rings. The molecule has 1 heterocycles. The van der Waals surface area contributed by atoms with Crippen LogP contribution in [0.25, 0.3) is 11.0 Å². The number of methoxy groups -OCH3 is 1. The molecular formula is C12H12N2O5. The molecule has 0 aliphatic carbocycles. The van der Waals surface area contributed by atoms with Crippen molar-refractivity contribution in [3.05, 3.63) is 34.2 Å². The fourth-order valence-electron chi connectivity index (χ4n) is 1.81. The number of nitrogens with one attached hydrogen (secondary N) is 1. The highest BCUT2D eigenvalue weighted by atomic mass is 16.5. The first kappa shape index (κ1) is 12.9. The number of aromatic nitrogens is 2. The van der Waals surface area contributed by atoms with E-state index in [9.17, 15) is 14.4 Å². The van der Waals surface area contributed by atoms with E-state index >= 15 is 0 Å². The number of H-pyrrole nitrogens is 1. The lowest BCUT2D eigenvalue weighted by molar-refractivity contribution is -0.140. The summed E-state index contributed by atoms with van der Waals surface area (Å²) in [6, 6.07) is 4.33. The molecule has 0 saturated carbocycles. The zero-order valence-corrected chi connectivity index (χ0v) is 10.2. The van der Waals surface area contributed by atoms with Gasteiger partial charge in [0, 0.05) is 6.54 Å². The molecule has 0 amide bonds.